The molecular weight excluding hydrogens is 391 g/mol. The van der Waals surface area contributed by atoms with Crippen LogP contribution in [0.3, 0.4) is 0 Å². The van der Waals surface area contributed by atoms with E-state index >= 15 is 0 Å². The summed E-state index contributed by atoms with van der Waals surface area (Å²) in [6.07, 6.45) is 18.5. The lowest BCUT2D eigenvalue weighted by atomic mass is 9.78. The van der Waals surface area contributed by atoms with E-state index < -0.39 is 6.16 Å². The second kappa shape index (κ2) is 14.5. The summed E-state index contributed by atoms with van der Waals surface area (Å²) >= 11 is 0. The highest BCUT2D eigenvalue weighted by atomic mass is 19.1. The third kappa shape index (κ3) is 10.1. The van der Waals surface area contributed by atoms with Gasteiger partial charge < -0.3 is 9.84 Å². The van der Waals surface area contributed by atoms with Crippen LogP contribution in [0.15, 0.2) is 18.2 Å². The van der Waals surface area contributed by atoms with Crippen molar-refractivity contribution in [1.82, 2.24) is 0 Å². The van der Waals surface area contributed by atoms with Crippen LogP contribution in [0, 0.1) is 23.6 Å². The van der Waals surface area contributed by atoms with Crippen LogP contribution >= 0.6 is 0 Å². The van der Waals surface area contributed by atoms with Crippen molar-refractivity contribution in [3.05, 3.63) is 29.6 Å². The summed E-state index contributed by atoms with van der Waals surface area (Å²) < 4.78 is 18.4. The van der Waals surface area contributed by atoms with E-state index in [2.05, 4.69) is 18.6 Å². The van der Waals surface area contributed by atoms with Crippen LogP contribution in [0.4, 0.5) is 9.18 Å². The van der Waals surface area contributed by atoms with Crippen molar-refractivity contribution in [2.75, 3.05) is 0 Å². The van der Waals surface area contributed by atoms with E-state index in [1.165, 1.54) is 89.5 Å². The molecule has 0 radical (unpaired) electrons. The van der Waals surface area contributed by atoms with E-state index in [0.717, 1.165) is 24.3 Å². The van der Waals surface area contributed by atoms with Crippen molar-refractivity contribution in [2.45, 2.75) is 110 Å². The van der Waals surface area contributed by atoms with Gasteiger partial charge in [0.2, 0.25) is 0 Å². The first-order chi connectivity index (χ1) is 15.0. The number of carbonyl (C=O) groups is 1. The third-order valence-corrected chi connectivity index (χ3v) is 7.14. The summed E-state index contributed by atoms with van der Waals surface area (Å²) in [4.78, 5) is 10.4. The van der Waals surface area contributed by atoms with Gasteiger partial charge in [0.1, 0.15) is 11.6 Å². The van der Waals surface area contributed by atoms with Gasteiger partial charge in [-0.25, -0.2) is 9.18 Å². The maximum Gasteiger partial charge on any atom is 0.511 e. The first-order valence-electron chi connectivity index (χ1n) is 12.7. The molecule has 0 heterocycles. The largest absolute Gasteiger partial charge is 0.511 e. The van der Waals surface area contributed by atoms with Gasteiger partial charge in [-0.05, 0) is 42.2 Å². The molecule has 2 aliphatic rings. The number of ether oxygens (including phenoxy) is 1. The van der Waals surface area contributed by atoms with Crippen molar-refractivity contribution >= 4 is 6.16 Å². The van der Waals surface area contributed by atoms with Gasteiger partial charge >= 0.3 is 6.16 Å². The summed E-state index contributed by atoms with van der Waals surface area (Å²) in [5.74, 6) is 2.35. The number of aryl methyl sites for hydroxylation is 1. The fourth-order valence-corrected chi connectivity index (χ4v) is 5.36. The summed E-state index contributed by atoms with van der Waals surface area (Å²) in [7, 11) is 0. The summed E-state index contributed by atoms with van der Waals surface area (Å²) in [5, 5.41) is 8.52. The maximum absolute atomic E-state index is 13.9. The maximum atomic E-state index is 13.9. The van der Waals surface area contributed by atoms with Gasteiger partial charge in [-0.1, -0.05) is 103 Å². The van der Waals surface area contributed by atoms with E-state index in [1.54, 1.807) is 6.07 Å². The van der Waals surface area contributed by atoms with Gasteiger partial charge in [0.15, 0.2) is 0 Å². The molecule has 0 aliphatic heterocycles. The fraction of sp³-hybridized carbons (Fsp3) is 0.741. The Morgan fingerprint density at radius 3 is 1.97 bits per heavy atom. The Morgan fingerprint density at radius 2 is 1.45 bits per heavy atom. The Kier molecular flexibility index (Phi) is 12.0. The van der Waals surface area contributed by atoms with E-state index in [-0.39, 0.29) is 11.6 Å². The first-order valence-corrected chi connectivity index (χ1v) is 12.7. The van der Waals surface area contributed by atoms with Crippen LogP contribution in [-0.2, 0) is 6.42 Å². The Bertz CT molecular complexity index is 629. The van der Waals surface area contributed by atoms with Gasteiger partial charge in [-0.3, -0.25) is 0 Å². The highest BCUT2D eigenvalue weighted by Crippen LogP contribution is 2.34. The minimum atomic E-state index is -1.42. The molecule has 0 saturated heterocycles. The SMILES string of the molecule is CCCC1CCC(CCc2ccc(OC(=O)O)cc2F)CC1.CCCC1CCCCC1. The molecule has 0 bridgehead atoms. The average molecular weight is 435 g/mol. The van der Waals surface area contributed by atoms with Gasteiger partial charge in [0.05, 0.1) is 0 Å². The molecule has 2 saturated carbocycles. The first kappa shape index (κ1) is 25.7. The Labute approximate surface area is 188 Å². The van der Waals surface area contributed by atoms with Crippen LogP contribution in [0.5, 0.6) is 5.75 Å². The number of carboxylic acid groups (broad SMARTS) is 1. The molecule has 0 unspecified atom stereocenters. The third-order valence-electron chi connectivity index (χ3n) is 7.14. The summed E-state index contributed by atoms with van der Waals surface area (Å²) in [6, 6.07) is 4.31. The molecule has 1 N–H and O–H groups in total. The number of hydrogen-bond donors (Lipinski definition) is 1. The summed E-state index contributed by atoms with van der Waals surface area (Å²) in [6.45, 7) is 4.54. The quantitative estimate of drug-likeness (QED) is 0.328. The van der Waals surface area contributed by atoms with Crippen molar-refractivity contribution in [3.8, 4) is 5.75 Å². The molecule has 31 heavy (non-hydrogen) atoms. The zero-order chi connectivity index (χ0) is 22.5. The molecule has 2 fully saturated rings. The molecule has 1 aromatic carbocycles. The molecule has 0 aromatic heterocycles. The van der Waals surface area contributed by atoms with Crippen LogP contribution in [0.1, 0.15) is 109 Å². The second-order valence-corrected chi connectivity index (χ2v) is 9.63. The van der Waals surface area contributed by atoms with Crippen LogP contribution < -0.4 is 4.74 Å². The molecule has 3 rings (SSSR count). The van der Waals surface area contributed by atoms with E-state index in [0.29, 0.717) is 17.9 Å². The standard InChI is InChI=1S/C18H25FO3.C9H18/c1-2-3-13-4-6-14(7-5-13)8-9-15-10-11-16(12-17(15)19)22-18(20)21;1-2-6-9-7-4-3-5-8-9/h10-14H,2-9H2,1H3,(H,20,21);9H,2-8H2,1H3. The number of hydrogen-bond acceptors (Lipinski definition) is 2. The minimum Gasteiger partial charge on any atom is -0.449 e. The normalized spacial score (nSPS) is 21.8. The molecule has 1 aromatic rings. The zero-order valence-electron chi connectivity index (χ0n) is 19.7. The highest BCUT2D eigenvalue weighted by Gasteiger charge is 2.20. The number of rotatable bonds is 8. The van der Waals surface area contributed by atoms with Crippen molar-refractivity contribution in [3.63, 3.8) is 0 Å². The van der Waals surface area contributed by atoms with E-state index in [1.807, 2.05) is 0 Å². The molecule has 0 spiro atoms. The molecule has 0 amide bonds. The Hall–Kier alpha value is -1.58. The van der Waals surface area contributed by atoms with Crippen molar-refractivity contribution < 1.29 is 19.0 Å². The van der Waals surface area contributed by atoms with Gasteiger partial charge in [0, 0.05) is 6.07 Å². The minimum absolute atomic E-state index is 0.0359. The van der Waals surface area contributed by atoms with Crippen molar-refractivity contribution in [2.24, 2.45) is 17.8 Å². The fourth-order valence-electron chi connectivity index (χ4n) is 5.36. The summed E-state index contributed by atoms with van der Waals surface area (Å²) in [5.41, 5.74) is 0.647. The highest BCUT2D eigenvalue weighted by molar-refractivity contribution is 5.61. The smallest absolute Gasteiger partial charge is 0.449 e. The zero-order valence-corrected chi connectivity index (χ0v) is 19.7. The monoisotopic (exact) mass is 434 g/mol. The van der Waals surface area contributed by atoms with Crippen LogP contribution in [0.2, 0.25) is 0 Å². The van der Waals surface area contributed by atoms with Crippen LogP contribution in [0.25, 0.3) is 0 Å². The van der Waals surface area contributed by atoms with E-state index in [4.69, 9.17) is 5.11 Å². The lowest BCUT2D eigenvalue weighted by Gasteiger charge is -2.28. The molecule has 2 aliphatic carbocycles. The Balaban J connectivity index is 0.000000316. The molecule has 176 valence electrons. The van der Waals surface area contributed by atoms with Gasteiger partial charge in [-0.2, -0.15) is 0 Å². The topological polar surface area (TPSA) is 46.5 Å². The van der Waals surface area contributed by atoms with Gasteiger partial charge in [-0.15, -0.1) is 0 Å². The molecule has 3 nitrogen and oxygen atoms in total. The second-order valence-electron chi connectivity index (χ2n) is 9.63. The van der Waals surface area contributed by atoms with Crippen molar-refractivity contribution in [1.29, 1.82) is 0 Å². The average Bonchev–Trinajstić information content (AvgIpc) is 2.75. The van der Waals surface area contributed by atoms with Gasteiger partial charge in [0.25, 0.3) is 0 Å². The number of halogens is 1. The predicted octanol–water partition coefficient (Wildman–Crippen LogP) is 8.79. The molecular formula is C27H43FO3. The Morgan fingerprint density at radius 1 is 0.903 bits per heavy atom. The molecule has 0 atom stereocenters. The lowest BCUT2D eigenvalue weighted by Crippen LogP contribution is -2.15. The molecule has 4 heteroatoms. The predicted molar refractivity (Wildman–Crippen MR) is 125 cm³/mol. The number of benzene rings is 1. The van der Waals surface area contributed by atoms with Crippen LogP contribution in [-0.4, -0.2) is 11.3 Å². The lowest BCUT2D eigenvalue weighted by molar-refractivity contribution is 0.144. The van der Waals surface area contributed by atoms with E-state index in [9.17, 15) is 9.18 Å².